The molecular weight excluding hydrogens is 567 g/mol. The number of carbonyl (C=O) groups is 2. The van der Waals surface area contributed by atoms with Gasteiger partial charge in [-0.1, -0.05) is 55.8 Å². The summed E-state index contributed by atoms with van der Waals surface area (Å²) in [4.78, 5) is 38.2. The van der Waals surface area contributed by atoms with Gasteiger partial charge in [-0.15, -0.1) is 0 Å². The topological polar surface area (TPSA) is 104 Å². The van der Waals surface area contributed by atoms with Gasteiger partial charge in [-0.3, -0.25) is 4.79 Å². The maximum atomic E-state index is 13.8. The van der Waals surface area contributed by atoms with Crippen molar-refractivity contribution in [1.29, 1.82) is 0 Å². The molecule has 0 unspecified atom stereocenters. The average Bonchev–Trinajstić information content (AvgIpc) is 2.92. The summed E-state index contributed by atoms with van der Waals surface area (Å²) >= 11 is 5.80. The van der Waals surface area contributed by atoms with E-state index in [-0.39, 0.29) is 23.5 Å². The van der Waals surface area contributed by atoms with E-state index < -0.39 is 52.7 Å². The van der Waals surface area contributed by atoms with Gasteiger partial charge in [0, 0.05) is 11.1 Å². The largest absolute Gasteiger partial charge is 0.453 e. The summed E-state index contributed by atoms with van der Waals surface area (Å²) in [5.74, 6) is -4.35. The molecule has 1 aromatic heterocycles. The Morgan fingerprint density at radius 2 is 1.63 bits per heavy atom. The summed E-state index contributed by atoms with van der Waals surface area (Å²) in [6, 6.07) is 16.4. The number of hydrogen-bond acceptors (Lipinski definition) is 7. The number of fused-ring (bicyclic) bond motifs is 1. The third kappa shape index (κ3) is 7.37. The Labute approximate surface area is 236 Å². The summed E-state index contributed by atoms with van der Waals surface area (Å²) in [7, 11) is 0. The number of hydrogen-bond donors (Lipinski definition) is 1. The molecule has 0 fully saturated rings. The highest BCUT2D eigenvalue weighted by atomic mass is 35.5. The molecule has 0 saturated carbocycles. The van der Waals surface area contributed by atoms with Crippen LogP contribution in [0.1, 0.15) is 25.2 Å². The minimum atomic E-state index is -5.09. The van der Waals surface area contributed by atoms with Gasteiger partial charge in [-0.05, 0) is 47.9 Å². The van der Waals surface area contributed by atoms with Crippen LogP contribution < -0.4 is 20.2 Å². The minimum absolute atomic E-state index is 0.0263. The SMILES string of the molecule is CC(C)[C@H](NC(=O)OCc1ccccc1)C(=O)Oc1ccc2c(=O)c(Oc3ccc(Cl)cc3)c(C(F)(F)F)oc2c1. The highest BCUT2D eigenvalue weighted by Crippen LogP contribution is 2.38. The molecule has 0 spiro atoms. The number of halogens is 4. The number of carbonyl (C=O) groups excluding carboxylic acids is 2. The maximum Gasteiger partial charge on any atom is 0.453 e. The number of ether oxygens (including phenoxy) is 3. The minimum Gasteiger partial charge on any atom is -0.449 e. The lowest BCUT2D eigenvalue weighted by Crippen LogP contribution is -2.46. The predicted molar refractivity (Wildman–Crippen MR) is 143 cm³/mol. The van der Waals surface area contributed by atoms with Crippen LogP contribution in [0.2, 0.25) is 5.02 Å². The molecule has 41 heavy (non-hydrogen) atoms. The third-order valence-electron chi connectivity index (χ3n) is 5.74. The second kappa shape index (κ2) is 12.3. The van der Waals surface area contributed by atoms with Gasteiger partial charge >= 0.3 is 18.2 Å². The van der Waals surface area contributed by atoms with Crippen LogP contribution in [0.25, 0.3) is 11.0 Å². The molecule has 8 nitrogen and oxygen atoms in total. The Kier molecular flexibility index (Phi) is 8.87. The van der Waals surface area contributed by atoms with Crippen molar-refractivity contribution in [2.75, 3.05) is 0 Å². The highest BCUT2D eigenvalue weighted by Gasteiger charge is 2.40. The molecule has 3 aromatic carbocycles. The van der Waals surface area contributed by atoms with Crippen molar-refractivity contribution in [3.8, 4) is 17.2 Å². The molecule has 0 bridgehead atoms. The molecule has 0 saturated heterocycles. The van der Waals surface area contributed by atoms with Crippen molar-refractivity contribution in [1.82, 2.24) is 5.32 Å². The lowest BCUT2D eigenvalue weighted by molar-refractivity contribution is -0.154. The summed E-state index contributed by atoms with van der Waals surface area (Å²) in [5, 5.41) is 2.51. The fourth-order valence-electron chi connectivity index (χ4n) is 3.69. The van der Waals surface area contributed by atoms with Crippen LogP contribution in [0, 0.1) is 5.92 Å². The number of alkyl carbamates (subject to hydrolysis) is 1. The van der Waals surface area contributed by atoms with Crippen LogP contribution >= 0.6 is 11.6 Å². The maximum absolute atomic E-state index is 13.8. The first kappa shape index (κ1) is 29.5. The van der Waals surface area contributed by atoms with Crippen LogP contribution in [0.3, 0.4) is 0 Å². The Hall–Kier alpha value is -4.51. The number of nitrogens with one attached hydrogen (secondary N) is 1. The van der Waals surface area contributed by atoms with Gasteiger partial charge in [-0.25, -0.2) is 9.59 Å². The normalized spacial score (nSPS) is 12.2. The predicted octanol–water partition coefficient (Wildman–Crippen LogP) is 7.11. The summed E-state index contributed by atoms with van der Waals surface area (Å²) in [5.41, 5.74) is -0.842. The van der Waals surface area contributed by atoms with Gasteiger partial charge in [-0.2, -0.15) is 13.2 Å². The lowest BCUT2D eigenvalue weighted by atomic mass is 10.1. The monoisotopic (exact) mass is 589 g/mol. The third-order valence-corrected chi connectivity index (χ3v) is 5.99. The first-order valence-electron chi connectivity index (χ1n) is 12.2. The van der Waals surface area contributed by atoms with E-state index in [0.717, 1.165) is 17.7 Å². The molecule has 0 radical (unpaired) electrons. The van der Waals surface area contributed by atoms with Crippen LogP contribution in [0.15, 0.2) is 82.0 Å². The first-order valence-corrected chi connectivity index (χ1v) is 12.6. The molecule has 1 amide bonds. The van der Waals surface area contributed by atoms with Crippen LogP contribution in [-0.4, -0.2) is 18.1 Å². The zero-order chi connectivity index (χ0) is 29.7. The van der Waals surface area contributed by atoms with Gasteiger partial charge in [0.1, 0.15) is 29.7 Å². The Bertz CT molecular complexity index is 1600. The van der Waals surface area contributed by atoms with Crippen LogP contribution in [0.5, 0.6) is 17.2 Å². The second-order valence-electron chi connectivity index (χ2n) is 9.15. The van der Waals surface area contributed by atoms with Gasteiger partial charge in [0.2, 0.25) is 11.2 Å². The van der Waals surface area contributed by atoms with Crippen molar-refractivity contribution in [3.05, 3.63) is 99.4 Å². The Balaban J connectivity index is 1.56. The smallest absolute Gasteiger partial charge is 0.449 e. The standard InChI is InChI=1S/C29H23ClF3NO7/c1-16(2)23(34-28(37)38-15-17-6-4-3-5-7-17)27(36)40-20-12-13-21-22(14-20)41-26(29(31,32)33)25(24(21)35)39-19-10-8-18(30)9-11-19/h3-14,16,23H,15H2,1-2H3,(H,34,37)/t23-/m0/s1. The number of benzene rings is 3. The van der Waals surface area contributed by atoms with Crippen molar-refractivity contribution >= 4 is 34.6 Å². The zero-order valence-electron chi connectivity index (χ0n) is 21.7. The lowest BCUT2D eigenvalue weighted by Gasteiger charge is -2.20. The van der Waals surface area contributed by atoms with Crippen molar-refractivity contribution in [2.45, 2.75) is 32.7 Å². The molecule has 0 aliphatic rings. The number of esters is 1. The van der Waals surface area contributed by atoms with E-state index in [2.05, 4.69) is 5.32 Å². The Morgan fingerprint density at radius 3 is 2.27 bits per heavy atom. The van der Waals surface area contributed by atoms with E-state index in [1.165, 1.54) is 30.3 Å². The Morgan fingerprint density at radius 1 is 0.976 bits per heavy atom. The highest BCUT2D eigenvalue weighted by molar-refractivity contribution is 6.30. The van der Waals surface area contributed by atoms with Gasteiger partial charge in [0.05, 0.1) is 5.39 Å². The van der Waals surface area contributed by atoms with Crippen molar-refractivity contribution < 1.29 is 41.4 Å². The van der Waals surface area contributed by atoms with Crippen molar-refractivity contribution in [3.63, 3.8) is 0 Å². The fourth-order valence-corrected chi connectivity index (χ4v) is 3.81. The van der Waals surface area contributed by atoms with Crippen LogP contribution in [0.4, 0.5) is 18.0 Å². The number of rotatable bonds is 8. The molecule has 1 N–H and O–H groups in total. The summed E-state index contributed by atoms with van der Waals surface area (Å²) in [6.07, 6.45) is -5.95. The van der Waals surface area contributed by atoms with Gasteiger partial charge in [0.25, 0.3) is 5.76 Å². The quantitative estimate of drug-likeness (QED) is 0.172. The van der Waals surface area contributed by atoms with Gasteiger partial charge in [0.15, 0.2) is 0 Å². The second-order valence-corrected chi connectivity index (χ2v) is 9.59. The number of amides is 1. The summed E-state index contributed by atoms with van der Waals surface area (Å²) in [6.45, 7) is 3.28. The molecule has 0 aliphatic heterocycles. The average molecular weight is 590 g/mol. The van der Waals surface area contributed by atoms with E-state index in [0.29, 0.717) is 5.02 Å². The molecule has 4 aromatic rings. The van der Waals surface area contributed by atoms with E-state index in [9.17, 15) is 27.6 Å². The van der Waals surface area contributed by atoms with E-state index >= 15 is 0 Å². The molecule has 1 atom stereocenters. The fraction of sp³-hybridized carbons (Fsp3) is 0.207. The van der Waals surface area contributed by atoms with E-state index in [4.69, 9.17) is 30.2 Å². The van der Waals surface area contributed by atoms with Gasteiger partial charge < -0.3 is 23.9 Å². The molecule has 1 heterocycles. The molecular formula is C29H23ClF3NO7. The summed E-state index contributed by atoms with van der Waals surface area (Å²) < 4.78 is 62.3. The van der Waals surface area contributed by atoms with Crippen molar-refractivity contribution in [2.24, 2.45) is 5.92 Å². The first-order chi connectivity index (χ1) is 19.4. The van der Waals surface area contributed by atoms with E-state index in [1.807, 2.05) is 6.07 Å². The number of alkyl halides is 3. The van der Waals surface area contributed by atoms with Crippen LogP contribution in [-0.2, 0) is 22.3 Å². The van der Waals surface area contributed by atoms with E-state index in [1.54, 1.807) is 38.1 Å². The molecule has 4 rings (SSSR count). The molecule has 12 heteroatoms. The zero-order valence-corrected chi connectivity index (χ0v) is 22.4. The molecule has 0 aliphatic carbocycles. The molecule has 214 valence electrons.